The summed E-state index contributed by atoms with van der Waals surface area (Å²) in [5.41, 5.74) is 0.532. The molecule has 2 aliphatic heterocycles. The van der Waals surface area contributed by atoms with Crippen LogP contribution in [-0.2, 0) is 21.7 Å². The highest BCUT2D eigenvalue weighted by atomic mass is 35.5. The van der Waals surface area contributed by atoms with E-state index < -0.39 is 17.5 Å². The second-order valence-corrected chi connectivity index (χ2v) is 8.90. The van der Waals surface area contributed by atoms with E-state index in [9.17, 15) is 14.4 Å². The Bertz CT molecular complexity index is 1050. The van der Waals surface area contributed by atoms with Gasteiger partial charge in [-0.1, -0.05) is 35.9 Å². The lowest BCUT2D eigenvalue weighted by molar-refractivity contribution is -0.139. The van der Waals surface area contributed by atoms with E-state index in [1.165, 1.54) is 0 Å². The average Bonchev–Trinajstić information content (AvgIpc) is 3.03. The average molecular weight is 471 g/mol. The molecule has 2 saturated heterocycles. The molecule has 0 aliphatic carbocycles. The summed E-state index contributed by atoms with van der Waals surface area (Å²) in [6.07, 6.45) is 0. The third kappa shape index (κ3) is 4.82. The van der Waals surface area contributed by atoms with Crippen molar-refractivity contribution in [1.29, 1.82) is 0 Å². The van der Waals surface area contributed by atoms with Gasteiger partial charge in [-0.05, 0) is 42.3 Å². The van der Waals surface area contributed by atoms with E-state index >= 15 is 0 Å². The van der Waals surface area contributed by atoms with Crippen LogP contribution in [0.5, 0.6) is 5.75 Å². The van der Waals surface area contributed by atoms with E-state index in [0.717, 1.165) is 17.0 Å². The quantitative estimate of drug-likeness (QED) is 0.656. The summed E-state index contributed by atoms with van der Waals surface area (Å²) < 4.78 is 5.16. The predicted octanol–water partition coefficient (Wildman–Crippen LogP) is 2.46. The number of urea groups is 1. The highest BCUT2D eigenvalue weighted by molar-refractivity contribution is 6.30. The number of benzene rings is 2. The monoisotopic (exact) mass is 470 g/mol. The molecule has 1 atom stereocenters. The van der Waals surface area contributed by atoms with Crippen LogP contribution in [0.2, 0.25) is 5.02 Å². The first kappa shape index (κ1) is 23.1. The highest BCUT2D eigenvalue weighted by Gasteiger charge is 2.49. The summed E-state index contributed by atoms with van der Waals surface area (Å²) in [7, 11) is 1.56. The van der Waals surface area contributed by atoms with Crippen LogP contribution in [0.15, 0.2) is 48.5 Å². The van der Waals surface area contributed by atoms with E-state index in [0.29, 0.717) is 42.5 Å². The van der Waals surface area contributed by atoms with Gasteiger partial charge in [-0.25, -0.2) is 4.79 Å². The molecule has 9 heteroatoms. The molecule has 0 saturated carbocycles. The molecular weight excluding hydrogens is 444 g/mol. The summed E-state index contributed by atoms with van der Waals surface area (Å²) in [6, 6.07) is 14.1. The maximum atomic E-state index is 13.1. The van der Waals surface area contributed by atoms with Gasteiger partial charge in [-0.15, -0.1) is 0 Å². The van der Waals surface area contributed by atoms with Gasteiger partial charge in [0.15, 0.2) is 0 Å². The van der Waals surface area contributed by atoms with E-state index in [1.54, 1.807) is 43.2 Å². The molecule has 33 heavy (non-hydrogen) atoms. The number of nitrogens with one attached hydrogen (secondary N) is 1. The van der Waals surface area contributed by atoms with Crippen molar-refractivity contribution in [2.24, 2.45) is 0 Å². The van der Waals surface area contributed by atoms with E-state index in [4.69, 9.17) is 16.3 Å². The molecule has 2 aromatic carbocycles. The zero-order valence-corrected chi connectivity index (χ0v) is 19.5. The number of methoxy groups -OCH3 is 1. The van der Waals surface area contributed by atoms with Crippen LogP contribution in [-0.4, -0.2) is 72.4 Å². The van der Waals surface area contributed by atoms with Crippen LogP contribution in [0.4, 0.5) is 4.79 Å². The SMILES string of the molecule is COc1ccc(C2(C)NC(=O)N(CC(=O)N3CCN(Cc4cccc(Cl)c4)CC3)C2=O)cc1. The summed E-state index contributed by atoms with van der Waals surface area (Å²) in [6.45, 7) is 4.64. The first-order valence-corrected chi connectivity index (χ1v) is 11.2. The second kappa shape index (κ2) is 9.41. The second-order valence-electron chi connectivity index (χ2n) is 8.46. The minimum Gasteiger partial charge on any atom is -0.497 e. The first-order valence-electron chi connectivity index (χ1n) is 10.8. The lowest BCUT2D eigenvalue weighted by atomic mass is 9.92. The van der Waals surface area contributed by atoms with Crippen molar-refractivity contribution in [3.05, 3.63) is 64.7 Å². The molecule has 174 valence electrons. The van der Waals surface area contributed by atoms with Gasteiger partial charge in [-0.2, -0.15) is 0 Å². The van der Waals surface area contributed by atoms with Crippen molar-refractivity contribution >= 4 is 29.4 Å². The minimum absolute atomic E-state index is 0.236. The number of piperazine rings is 1. The normalized spacial score (nSPS) is 21.3. The summed E-state index contributed by atoms with van der Waals surface area (Å²) in [4.78, 5) is 43.5. The molecule has 1 unspecified atom stereocenters. The molecule has 0 spiro atoms. The number of halogens is 1. The van der Waals surface area contributed by atoms with Gasteiger partial charge in [0.1, 0.15) is 17.8 Å². The Labute approximate surface area is 198 Å². The number of hydrogen-bond donors (Lipinski definition) is 1. The molecular formula is C24H27ClN4O4. The van der Waals surface area contributed by atoms with Gasteiger partial charge < -0.3 is 15.0 Å². The minimum atomic E-state index is -1.22. The van der Waals surface area contributed by atoms with Crippen molar-refractivity contribution in [3.8, 4) is 5.75 Å². The number of carbonyl (C=O) groups excluding carboxylic acids is 3. The van der Waals surface area contributed by atoms with Gasteiger partial charge in [0.05, 0.1) is 7.11 Å². The molecule has 0 radical (unpaired) electrons. The van der Waals surface area contributed by atoms with E-state index in [2.05, 4.69) is 10.2 Å². The summed E-state index contributed by atoms with van der Waals surface area (Å²) in [5, 5.41) is 3.44. The number of amides is 4. The van der Waals surface area contributed by atoms with Crippen molar-refractivity contribution in [3.63, 3.8) is 0 Å². The standard InChI is InChI=1S/C24H27ClN4O4/c1-24(18-6-8-20(33-2)9-7-18)22(31)29(23(32)26-24)16-21(30)28-12-10-27(11-13-28)15-17-4-3-5-19(25)14-17/h3-9,14H,10-13,15-16H2,1-2H3,(H,26,32). The number of ether oxygens (including phenoxy) is 1. The van der Waals surface area contributed by atoms with E-state index in [1.807, 2.05) is 24.3 Å². The van der Waals surface area contributed by atoms with Gasteiger partial charge in [0.25, 0.3) is 5.91 Å². The summed E-state index contributed by atoms with van der Waals surface area (Å²) in [5.74, 6) is -0.0221. The van der Waals surface area contributed by atoms with Gasteiger partial charge >= 0.3 is 6.03 Å². The molecule has 8 nitrogen and oxygen atoms in total. The zero-order valence-electron chi connectivity index (χ0n) is 18.7. The van der Waals surface area contributed by atoms with Crippen molar-refractivity contribution in [2.75, 3.05) is 39.8 Å². The van der Waals surface area contributed by atoms with Crippen LogP contribution in [0.3, 0.4) is 0 Å². The Morgan fingerprint density at radius 3 is 2.42 bits per heavy atom. The molecule has 2 aliphatic rings. The molecule has 0 bridgehead atoms. The molecule has 2 aromatic rings. The number of imide groups is 1. The van der Waals surface area contributed by atoms with Crippen LogP contribution in [0, 0.1) is 0 Å². The van der Waals surface area contributed by atoms with Crippen molar-refractivity contribution in [2.45, 2.75) is 19.0 Å². The van der Waals surface area contributed by atoms with Gasteiger partial charge in [0, 0.05) is 37.7 Å². The molecule has 2 fully saturated rings. The van der Waals surface area contributed by atoms with Crippen molar-refractivity contribution in [1.82, 2.24) is 20.0 Å². The molecule has 0 aromatic heterocycles. The zero-order chi connectivity index (χ0) is 23.6. The first-order chi connectivity index (χ1) is 15.8. The molecule has 1 N–H and O–H groups in total. The van der Waals surface area contributed by atoms with E-state index in [-0.39, 0.29) is 12.5 Å². The van der Waals surface area contributed by atoms with Crippen LogP contribution < -0.4 is 10.1 Å². The number of rotatable bonds is 6. The molecule has 4 amide bonds. The summed E-state index contributed by atoms with van der Waals surface area (Å²) >= 11 is 6.06. The van der Waals surface area contributed by atoms with Crippen molar-refractivity contribution < 1.29 is 19.1 Å². The van der Waals surface area contributed by atoms with Crippen LogP contribution in [0.25, 0.3) is 0 Å². The lowest BCUT2D eigenvalue weighted by Crippen LogP contribution is -2.51. The predicted molar refractivity (Wildman–Crippen MR) is 124 cm³/mol. The smallest absolute Gasteiger partial charge is 0.325 e. The third-order valence-corrected chi connectivity index (χ3v) is 6.49. The van der Waals surface area contributed by atoms with Crippen LogP contribution >= 0.6 is 11.6 Å². The third-order valence-electron chi connectivity index (χ3n) is 6.26. The Hall–Kier alpha value is -3.10. The Balaban J connectivity index is 1.34. The highest BCUT2D eigenvalue weighted by Crippen LogP contribution is 2.30. The molecule has 2 heterocycles. The fourth-order valence-electron chi connectivity index (χ4n) is 4.24. The maximum Gasteiger partial charge on any atom is 0.325 e. The maximum absolute atomic E-state index is 13.1. The van der Waals surface area contributed by atoms with Crippen LogP contribution in [0.1, 0.15) is 18.1 Å². The Morgan fingerprint density at radius 1 is 1.09 bits per heavy atom. The Kier molecular flexibility index (Phi) is 6.58. The number of hydrogen-bond acceptors (Lipinski definition) is 5. The molecule has 4 rings (SSSR count). The lowest BCUT2D eigenvalue weighted by Gasteiger charge is -2.35. The fourth-order valence-corrected chi connectivity index (χ4v) is 4.46. The van der Waals surface area contributed by atoms with Gasteiger partial charge in [0.2, 0.25) is 5.91 Å². The Morgan fingerprint density at radius 2 is 1.79 bits per heavy atom. The van der Waals surface area contributed by atoms with Gasteiger partial charge in [-0.3, -0.25) is 19.4 Å². The number of nitrogens with zero attached hydrogens (tertiary/aromatic N) is 3. The topological polar surface area (TPSA) is 82.2 Å². The number of carbonyl (C=O) groups is 3. The fraction of sp³-hybridized carbons (Fsp3) is 0.375. The largest absolute Gasteiger partial charge is 0.497 e.